The van der Waals surface area contributed by atoms with Crippen LogP contribution in [0.5, 0.6) is 0 Å². The van der Waals surface area contributed by atoms with Gasteiger partial charge in [-0.1, -0.05) is 183 Å². The van der Waals surface area contributed by atoms with Gasteiger partial charge in [0.15, 0.2) is 6.10 Å². The lowest BCUT2D eigenvalue weighted by Crippen LogP contribution is -2.37. The average molecular weight is 876 g/mol. The van der Waals surface area contributed by atoms with Gasteiger partial charge in [0.1, 0.15) is 19.8 Å². The van der Waals surface area contributed by atoms with Crippen LogP contribution in [0.15, 0.2) is 72.9 Å². The Bertz CT molecular complexity index is 1270. The fourth-order valence-corrected chi connectivity index (χ4v) is 6.97. The van der Waals surface area contributed by atoms with E-state index < -0.39 is 32.5 Å². The van der Waals surface area contributed by atoms with Gasteiger partial charge in [0.25, 0.3) is 7.82 Å². The van der Waals surface area contributed by atoms with E-state index in [0.29, 0.717) is 17.4 Å². The fraction of sp³-hybridized carbons (Fsp3) is 0.725. The summed E-state index contributed by atoms with van der Waals surface area (Å²) in [5.41, 5.74) is 0. The number of ether oxygens (including phenoxy) is 2. The molecule has 2 atom stereocenters. The Morgan fingerprint density at radius 3 is 1.39 bits per heavy atom. The van der Waals surface area contributed by atoms with Crippen molar-refractivity contribution in [3.8, 4) is 0 Å². The highest BCUT2D eigenvalue weighted by molar-refractivity contribution is 7.45. The molecule has 0 aromatic heterocycles. The van der Waals surface area contributed by atoms with Crippen molar-refractivity contribution in [2.45, 2.75) is 193 Å². The molecule has 0 saturated heterocycles. The summed E-state index contributed by atoms with van der Waals surface area (Å²) >= 11 is 0. The van der Waals surface area contributed by atoms with Gasteiger partial charge < -0.3 is 27.9 Å². The second kappa shape index (κ2) is 42.7. The van der Waals surface area contributed by atoms with Crippen LogP contribution in [0.25, 0.3) is 0 Å². The SMILES string of the molecule is CC/C=C\C/C=C\C/C=C\C/C=C\C/C=C\C/C=C\CCCCCCC(=O)OC(COC(=O)CCCCCCCCCCCCCCCC)COP(=O)([O-])OCC[N+](C)(C)C. The number of hydrogen-bond acceptors (Lipinski definition) is 8. The number of allylic oxidation sites excluding steroid dienone is 12. The summed E-state index contributed by atoms with van der Waals surface area (Å²) in [5, 5.41) is 0. The number of carbonyl (C=O) groups is 2. The zero-order valence-corrected chi connectivity index (χ0v) is 40.5. The largest absolute Gasteiger partial charge is 0.756 e. The van der Waals surface area contributed by atoms with Crippen LogP contribution >= 0.6 is 7.82 Å². The molecule has 0 fully saturated rings. The first-order chi connectivity index (χ1) is 29.5. The summed E-state index contributed by atoms with van der Waals surface area (Å²) in [7, 11) is 1.14. The molecular formula is C51H90NO8P. The lowest BCUT2D eigenvalue weighted by Gasteiger charge is -2.28. The summed E-state index contributed by atoms with van der Waals surface area (Å²) in [6.45, 7) is 4.08. The summed E-state index contributed by atoms with van der Waals surface area (Å²) in [5.74, 6) is -0.864. The van der Waals surface area contributed by atoms with Crippen molar-refractivity contribution in [1.82, 2.24) is 0 Å². The van der Waals surface area contributed by atoms with E-state index in [-0.39, 0.29) is 26.1 Å². The van der Waals surface area contributed by atoms with Crippen molar-refractivity contribution in [3.05, 3.63) is 72.9 Å². The Balaban J connectivity index is 4.36. The molecule has 0 bridgehead atoms. The highest BCUT2D eigenvalue weighted by atomic mass is 31.2. The molecule has 0 N–H and O–H groups in total. The molecule has 0 heterocycles. The molecule has 0 aromatic rings. The van der Waals surface area contributed by atoms with Gasteiger partial charge in [0, 0.05) is 12.8 Å². The van der Waals surface area contributed by atoms with E-state index in [9.17, 15) is 19.0 Å². The topological polar surface area (TPSA) is 111 Å². The summed E-state index contributed by atoms with van der Waals surface area (Å²) in [4.78, 5) is 37.6. The van der Waals surface area contributed by atoms with Crippen LogP contribution in [0.1, 0.15) is 187 Å². The predicted octanol–water partition coefficient (Wildman–Crippen LogP) is 13.6. The van der Waals surface area contributed by atoms with Crippen molar-refractivity contribution in [2.75, 3.05) is 47.5 Å². The lowest BCUT2D eigenvalue weighted by molar-refractivity contribution is -0.870. The van der Waals surface area contributed by atoms with Crippen molar-refractivity contribution in [2.24, 2.45) is 0 Å². The number of quaternary nitrogens is 1. The number of phosphoric acid groups is 1. The Morgan fingerprint density at radius 1 is 0.525 bits per heavy atom. The number of hydrogen-bond donors (Lipinski definition) is 0. The van der Waals surface area contributed by atoms with Crippen molar-refractivity contribution in [3.63, 3.8) is 0 Å². The lowest BCUT2D eigenvalue weighted by atomic mass is 10.0. The molecule has 352 valence electrons. The van der Waals surface area contributed by atoms with Gasteiger partial charge in [0.05, 0.1) is 27.7 Å². The van der Waals surface area contributed by atoms with Crippen molar-refractivity contribution >= 4 is 19.8 Å². The Hall–Kier alpha value is -2.55. The van der Waals surface area contributed by atoms with E-state index in [4.69, 9.17) is 18.5 Å². The van der Waals surface area contributed by atoms with Gasteiger partial charge in [-0.15, -0.1) is 0 Å². The summed E-state index contributed by atoms with van der Waals surface area (Å²) in [6, 6.07) is 0. The van der Waals surface area contributed by atoms with E-state index in [1.807, 2.05) is 21.1 Å². The molecule has 9 nitrogen and oxygen atoms in total. The number of esters is 2. The zero-order valence-electron chi connectivity index (χ0n) is 39.6. The molecule has 0 aliphatic rings. The number of phosphoric ester groups is 1. The van der Waals surface area contributed by atoms with E-state index in [0.717, 1.165) is 83.5 Å². The maximum Gasteiger partial charge on any atom is 0.306 e. The first-order valence-corrected chi connectivity index (χ1v) is 25.6. The second-order valence-corrected chi connectivity index (χ2v) is 18.5. The Morgan fingerprint density at radius 2 is 0.934 bits per heavy atom. The van der Waals surface area contributed by atoms with E-state index in [1.54, 1.807) is 0 Å². The number of nitrogens with zero attached hydrogens (tertiary/aromatic N) is 1. The summed E-state index contributed by atoms with van der Waals surface area (Å²) < 4.78 is 34.0. The average Bonchev–Trinajstić information content (AvgIpc) is 3.21. The number of rotatable bonds is 43. The number of carbonyl (C=O) groups excluding carboxylic acids is 2. The molecule has 0 spiro atoms. The third-order valence-electron chi connectivity index (χ3n) is 9.99. The maximum absolute atomic E-state index is 12.7. The first-order valence-electron chi connectivity index (χ1n) is 24.1. The van der Waals surface area contributed by atoms with Crippen LogP contribution in [0.2, 0.25) is 0 Å². The van der Waals surface area contributed by atoms with Gasteiger partial charge in [0.2, 0.25) is 0 Å². The first kappa shape index (κ1) is 58.5. The minimum absolute atomic E-state index is 0.0387. The Kier molecular flexibility index (Phi) is 40.9. The van der Waals surface area contributed by atoms with Crippen LogP contribution in [-0.2, 0) is 32.7 Å². The third kappa shape index (κ3) is 46.8. The molecule has 0 aliphatic carbocycles. The monoisotopic (exact) mass is 876 g/mol. The predicted molar refractivity (Wildman–Crippen MR) is 254 cm³/mol. The zero-order chi connectivity index (χ0) is 45.0. The van der Waals surface area contributed by atoms with Crippen LogP contribution in [0.4, 0.5) is 0 Å². The van der Waals surface area contributed by atoms with Crippen LogP contribution in [-0.4, -0.2) is 70.0 Å². The minimum atomic E-state index is -4.64. The van der Waals surface area contributed by atoms with Gasteiger partial charge in [-0.3, -0.25) is 14.2 Å². The molecule has 0 aromatic carbocycles. The van der Waals surface area contributed by atoms with Crippen LogP contribution in [0.3, 0.4) is 0 Å². The quantitative estimate of drug-likeness (QED) is 0.0196. The molecule has 0 rings (SSSR count). The summed E-state index contributed by atoms with van der Waals surface area (Å²) in [6.07, 6.45) is 53.5. The van der Waals surface area contributed by atoms with Crippen LogP contribution < -0.4 is 4.89 Å². The standard InChI is InChI=1S/C51H90NO8P/c1-6-8-10-12-14-16-18-20-22-23-24-25-26-27-28-29-30-32-34-36-38-40-42-44-51(54)60-49(48-59-61(55,56)58-46-45-52(3,4)5)47-57-50(53)43-41-39-37-35-33-31-21-19-17-15-13-11-9-7-2/h8,10,14,16,20,22,24-25,27-28,30,32,49H,6-7,9,11-13,15,17-19,21,23,26,29,31,33-48H2,1-5H3/b10-8-,16-14-,22-20-,25-24-,28-27-,32-30-. The molecular weight excluding hydrogens is 786 g/mol. The van der Waals surface area contributed by atoms with Gasteiger partial charge in [-0.25, -0.2) is 0 Å². The minimum Gasteiger partial charge on any atom is -0.756 e. The normalized spacial score (nSPS) is 14.1. The van der Waals surface area contributed by atoms with Gasteiger partial charge in [-0.05, 0) is 64.2 Å². The van der Waals surface area contributed by atoms with E-state index in [1.165, 1.54) is 70.6 Å². The molecule has 10 heteroatoms. The molecule has 0 aliphatic heterocycles. The van der Waals surface area contributed by atoms with Gasteiger partial charge >= 0.3 is 11.9 Å². The fourth-order valence-electron chi connectivity index (χ4n) is 6.25. The maximum atomic E-state index is 12.7. The van der Waals surface area contributed by atoms with E-state index in [2.05, 4.69) is 86.8 Å². The molecule has 2 unspecified atom stereocenters. The number of unbranched alkanes of at least 4 members (excludes halogenated alkanes) is 17. The van der Waals surface area contributed by atoms with Gasteiger partial charge in [-0.2, -0.15) is 0 Å². The molecule has 61 heavy (non-hydrogen) atoms. The van der Waals surface area contributed by atoms with Crippen molar-refractivity contribution < 1.29 is 42.1 Å². The smallest absolute Gasteiger partial charge is 0.306 e. The highest BCUT2D eigenvalue weighted by Crippen LogP contribution is 2.38. The van der Waals surface area contributed by atoms with Crippen molar-refractivity contribution in [1.29, 1.82) is 0 Å². The van der Waals surface area contributed by atoms with E-state index >= 15 is 0 Å². The molecule has 0 radical (unpaired) electrons. The van der Waals surface area contributed by atoms with Crippen LogP contribution in [0, 0.1) is 0 Å². The second-order valence-electron chi connectivity index (χ2n) is 17.1. The third-order valence-corrected chi connectivity index (χ3v) is 11.0. The molecule has 0 saturated carbocycles. The highest BCUT2D eigenvalue weighted by Gasteiger charge is 2.21. The number of likely N-dealkylation sites (N-methyl/N-ethyl adjacent to an activating group) is 1. The molecule has 0 amide bonds. The Labute approximate surface area is 374 Å².